The molecule has 2 aromatic carbocycles. The van der Waals surface area contributed by atoms with Crippen molar-refractivity contribution >= 4 is 27.2 Å². The summed E-state index contributed by atoms with van der Waals surface area (Å²) in [5, 5.41) is 22.0. The molecular formula is C26H28F3N3O4S. The van der Waals surface area contributed by atoms with Crippen LogP contribution in [0.2, 0.25) is 0 Å². The second-order valence-electron chi connectivity index (χ2n) is 10.0. The van der Waals surface area contributed by atoms with Crippen molar-refractivity contribution in [2.75, 3.05) is 16.2 Å². The van der Waals surface area contributed by atoms with Crippen LogP contribution in [0, 0.1) is 0 Å². The van der Waals surface area contributed by atoms with Crippen LogP contribution in [0.5, 0.6) is 0 Å². The van der Waals surface area contributed by atoms with Gasteiger partial charge < -0.3 is 15.5 Å². The predicted octanol–water partition coefficient (Wildman–Crippen LogP) is 4.75. The molecule has 1 aliphatic heterocycles. The molecule has 0 radical (unpaired) electrons. The van der Waals surface area contributed by atoms with Crippen LogP contribution >= 0.6 is 0 Å². The SMILES string of the molecule is CC(C)(C)c1ccc(S(=O)(=O)N2Cc3ccc(C(F)(F)F)nc3Nc3ccc(CC(O)CO)cc32)cc1. The molecule has 198 valence electrons. The van der Waals surface area contributed by atoms with E-state index in [0.717, 1.165) is 15.9 Å². The average Bonchev–Trinajstić information content (AvgIpc) is 2.99. The van der Waals surface area contributed by atoms with Gasteiger partial charge in [-0.05, 0) is 46.9 Å². The van der Waals surface area contributed by atoms with Crippen LogP contribution in [0.4, 0.5) is 30.4 Å². The minimum absolute atomic E-state index is 0.0237. The van der Waals surface area contributed by atoms with Crippen molar-refractivity contribution in [3.05, 3.63) is 77.0 Å². The van der Waals surface area contributed by atoms with Crippen LogP contribution in [0.3, 0.4) is 0 Å². The fraction of sp³-hybridized carbons (Fsp3) is 0.346. The summed E-state index contributed by atoms with van der Waals surface area (Å²) >= 11 is 0. The van der Waals surface area contributed by atoms with Crippen LogP contribution in [-0.2, 0) is 34.6 Å². The molecule has 0 bridgehead atoms. The van der Waals surface area contributed by atoms with Gasteiger partial charge in [0.2, 0.25) is 0 Å². The van der Waals surface area contributed by atoms with Crippen molar-refractivity contribution < 1.29 is 31.8 Å². The molecule has 1 aliphatic rings. The molecule has 0 aliphatic carbocycles. The molecule has 37 heavy (non-hydrogen) atoms. The first-order chi connectivity index (χ1) is 17.2. The van der Waals surface area contributed by atoms with Crippen LogP contribution in [0.15, 0.2) is 59.5 Å². The molecule has 1 atom stereocenters. The van der Waals surface area contributed by atoms with Gasteiger partial charge in [-0.2, -0.15) is 13.2 Å². The van der Waals surface area contributed by atoms with Crippen molar-refractivity contribution in [2.45, 2.75) is 56.3 Å². The number of pyridine rings is 1. The van der Waals surface area contributed by atoms with E-state index in [1.54, 1.807) is 24.3 Å². The zero-order valence-electron chi connectivity index (χ0n) is 20.5. The number of benzene rings is 2. The molecular weight excluding hydrogens is 507 g/mol. The lowest BCUT2D eigenvalue weighted by molar-refractivity contribution is -0.141. The number of hydrogen-bond acceptors (Lipinski definition) is 6. The third-order valence-corrected chi connectivity index (χ3v) is 7.93. The first kappa shape index (κ1) is 26.9. The van der Waals surface area contributed by atoms with Gasteiger partial charge >= 0.3 is 6.18 Å². The van der Waals surface area contributed by atoms with Gasteiger partial charge in [0.1, 0.15) is 11.5 Å². The Labute approximate surface area is 213 Å². The van der Waals surface area contributed by atoms with E-state index in [2.05, 4.69) is 10.3 Å². The molecule has 4 rings (SSSR count). The molecule has 0 fully saturated rings. The quantitative estimate of drug-likeness (QED) is 0.436. The summed E-state index contributed by atoms with van der Waals surface area (Å²) < 4.78 is 68.9. The number of alkyl halides is 3. The molecule has 11 heteroatoms. The normalized spacial score (nSPS) is 14.9. The number of fused-ring (bicyclic) bond motifs is 2. The summed E-state index contributed by atoms with van der Waals surface area (Å²) in [6.45, 7) is 5.28. The second-order valence-corrected chi connectivity index (χ2v) is 11.9. The lowest BCUT2D eigenvalue weighted by Gasteiger charge is -2.26. The zero-order valence-corrected chi connectivity index (χ0v) is 21.4. The number of anilines is 3. The first-order valence-electron chi connectivity index (χ1n) is 11.6. The van der Waals surface area contributed by atoms with Crippen molar-refractivity contribution in [1.29, 1.82) is 0 Å². The molecule has 7 nitrogen and oxygen atoms in total. The maximum atomic E-state index is 13.9. The lowest BCUT2D eigenvalue weighted by Crippen LogP contribution is -2.30. The van der Waals surface area contributed by atoms with E-state index in [1.165, 1.54) is 24.3 Å². The minimum atomic E-state index is -4.67. The Kier molecular flexibility index (Phi) is 7.00. The van der Waals surface area contributed by atoms with Gasteiger partial charge in [-0.25, -0.2) is 13.4 Å². The van der Waals surface area contributed by atoms with E-state index >= 15 is 0 Å². The summed E-state index contributed by atoms with van der Waals surface area (Å²) in [6.07, 6.45) is -5.67. The number of aliphatic hydroxyl groups excluding tert-OH is 2. The molecule has 1 aromatic heterocycles. The van der Waals surface area contributed by atoms with Crippen molar-refractivity contribution in [3.63, 3.8) is 0 Å². The van der Waals surface area contributed by atoms with E-state index < -0.39 is 34.6 Å². The molecule has 3 N–H and O–H groups in total. The summed E-state index contributed by atoms with van der Waals surface area (Å²) in [5.74, 6) is -0.0972. The Morgan fingerprint density at radius 3 is 2.32 bits per heavy atom. The van der Waals surface area contributed by atoms with E-state index in [0.29, 0.717) is 5.56 Å². The standard InChI is InChI=1S/C26H28F3N3O4S/c1-25(2,3)18-6-8-20(9-7-18)37(35,36)32-14-17-5-11-23(26(27,28)29)31-24(17)30-21-10-4-16(13-22(21)32)12-19(34)15-33/h4-11,13,19,33-34H,12,14-15H2,1-3H3,(H,30,31). The Hall–Kier alpha value is -3.15. The summed E-state index contributed by atoms with van der Waals surface area (Å²) in [5.41, 5.74) is 0.883. The number of nitrogens with one attached hydrogen (secondary N) is 1. The van der Waals surface area contributed by atoms with Gasteiger partial charge in [0.05, 0.1) is 35.5 Å². The topological polar surface area (TPSA) is 103 Å². The van der Waals surface area contributed by atoms with Gasteiger partial charge in [0.15, 0.2) is 0 Å². The maximum absolute atomic E-state index is 13.9. The number of rotatable bonds is 5. The van der Waals surface area contributed by atoms with Gasteiger partial charge in [-0.15, -0.1) is 0 Å². The number of hydrogen-bond donors (Lipinski definition) is 3. The highest BCUT2D eigenvalue weighted by molar-refractivity contribution is 7.92. The third-order valence-electron chi connectivity index (χ3n) is 6.16. The van der Waals surface area contributed by atoms with Crippen LogP contribution in [0.25, 0.3) is 0 Å². The van der Waals surface area contributed by atoms with Crippen molar-refractivity contribution in [3.8, 4) is 0 Å². The Bertz CT molecular complexity index is 1400. The fourth-order valence-corrected chi connectivity index (χ4v) is 5.52. The van der Waals surface area contributed by atoms with Crippen molar-refractivity contribution in [2.24, 2.45) is 0 Å². The summed E-state index contributed by atoms with van der Waals surface area (Å²) in [7, 11) is -4.16. The highest BCUT2D eigenvalue weighted by Crippen LogP contribution is 2.40. The molecule has 2 heterocycles. The number of aliphatic hydroxyl groups is 2. The first-order valence-corrected chi connectivity index (χ1v) is 13.0. The monoisotopic (exact) mass is 535 g/mol. The second kappa shape index (κ2) is 9.62. The third kappa shape index (κ3) is 5.58. The van der Waals surface area contributed by atoms with Gasteiger partial charge in [0, 0.05) is 12.0 Å². The molecule has 0 amide bonds. The molecule has 1 unspecified atom stereocenters. The minimum Gasteiger partial charge on any atom is -0.394 e. The van der Waals surface area contributed by atoms with Crippen LogP contribution in [0.1, 0.15) is 43.2 Å². The van der Waals surface area contributed by atoms with E-state index in [4.69, 9.17) is 0 Å². The molecule has 0 saturated heterocycles. The zero-order chi connectivity index (χ0) is 27.2. The van der Waals surface area contributed by atoms with Gasteiger partial charge in [0.25, 0.3) is 10.0 Å². The summed E-state index contributed by atoms with van der Waals surface area (Å²) in [4.78, 5) is 3.75. The maximum Gasteiger partial charge on any atom is 0.433 e. The molecule has 0 saturated carbocycles. The van der Waals surface area contributed by atoms with E-state index in [1.807, 2.05) is 20.8 Å². The molecule has 0 spiro atoms. The van der Waals surface area contributed by atoms with E-state index in [-0.39, 0.29) is 46.0 Å². The average molecular weight is 536 g/mol. The van der Waals surface area contributed by atoms with E-state index in [9.17, 15) is 31.8 Å². The Balaban J connectivity index is 1.85. The number of aromatic nitrogens is 1. The van der Waals surface area contributed by atoms with Gasteiger partial charge in [-0.3, -0.25) is 4.31 Å². The number of sulfonamides is 1. The van der Waals surface area contributed by atoms with Crippen LogP contribution < -0.4 is 9.62 Å². The largest absolute Gasteiger partial charge is 0.433 e. The Morgan fingerprint density at radius 2 is 1.73 bits per heavy atom. The van der Waals surface area contributed by atoms with Gasteiger partial charge in [-0.1, -0.05) is 45.0 Å². The Morgan fingerprint density at radius 1 is 1.05 bits per heavy atom. The lowest BCUT2D eigenvalue weighted by atomic mass is 9.87. The highest BCUT2D eigenvalue weighted by Gasteiger charge is 2.35. The predicted molar refractivity (Wildman–Crippen MR) is 134 cm³/mol. The molecule has 3 aromatic rings. The highest BCUT2D eigenvalue weighted by atomic mass is 32.2. The van der Waals surface area contributed by atoms with Crippen LogP contribution in [-0.4, -0.2) is 36.3 Å². The van der Waals surface area contributed by atoms with Crippen molar-refractivity contribution in [1.82, 2.24) is 4.98 Å². The fourth-order valence-electron chi connectivity index (χ4n) is 4.07. The number of nitrogens with zero attached hydrogens (tertiary/aromatic N) is 2. The number of halogens is 3. The smallest absolute Gasteiger partial charge is 0.394 e. The summed E-state index contributed by atoms with van der Waals surface area (Å²) in [6, 6.07) is 13.2.